The standard InChI is InChI=1S/C12H22O10/c13-2-6-4(15)1-5(16)11(20-6)22-12-10(19)9(18)8(17)7(3-14)21-12/h4-19H,1-3H2/t4-,5?,6?,7?,8+,9?,10?,11+,12+/m0/s1. The maximum absolute atomic E-state index is 9.84. The molecule has 22 heavy (non-hydrogen) atoms. The van der Waals surface area contributed by atoms with Crippen LogP contribution in [0.3, 0.4) is 0 Å². The van der Waals surface area contributed by atoms with Crippen molar-refractivity contribution in [3.63, 3.8) is 0 Å². The molecule has 2 fully saturated rings. The van der Waals surface area contributed by atoms with Crippen LogP contribution in [0.2, 0.25) is 0 Å². The second-order valence-corrected chi connectivity index (χ2v) is 5.43. The Morgan fingerprint density at radius 1 is 0.727 bits per heavy atom. The summed E-state index contributed by atoms with van der Waals surface area (Å²) in [6, 6.07) is 0. The van der Waals surface area contributed by atoms with E-state index >= 15 is 0 Å². The molecule has 10 nitrogen and oxygen atoms in total. The topological polar surface area (TPSA) is 169 Å². The number of rotatable bonds is 4. The van der Waals surface area contributed by atoms with E-state index in [1.807, 2.05) is 0 Å². The highest BCUT2D eigenvalue weighted by atomic mass is 16.8. The lowest BCUT2D eigenvalue weighted by atomic mass is 9.99. The van der Waals surface area contributed by atoms with Crippen molar-refractivity contribution in [1.82, 2.24) is 0 Å². The Hall–Kier alpha value is -0.400. The largest absolute Gasteiger partial charge is 0.394 e. The first-order valence-corrected chi connectivity index (χ1v) is 6.97. The third-order valence-electron chi connectivity index (χ3n) is 3.83. The average molecular weight is 326 g/mol. The molecular formula is C12H22O10. The van der Waals surface area contributed by atoms with Gasteiger partial charge in [-0.05, 0) is 0 Å². The van der Waals surface area contributed by atoms with Crippen LogP contribution >= 0.6 is 0 Å². The SMILES string of the molecule is OCC1O[C@H](O[C@H]2OC(CO)[C@@H](O)CC2O)C(O)C(O)[C@@H]1O. The molecular weight excluding hydrogens is 304 g/mol. The summed E-state index contributed by atoms with van der Waals surface area (Å²) in [6.45, 7) is -1.11. The van der Waals surface area contributed by atoms with Gasteiger partial charge in [0.15, 0.2) is 12.6 Å². The minimum absolute atomic E-state index is 0.118. The lowest BCUT2D eigenvalue weighted by Gasteiger charge is -2.43. The third kappa shape index (κ3) is 3.57. The maximum atomic E-state index is 9.84. The van der Waals surface area contributed by atoms with Gasteiger partial charge in [0.2, 0.25) is 0 Å². The van der Waals surface area contributed by atoms with E-state index < -0.39 is 68.5 Å². The third-order valence-corrected chi connectivity index (χ3v) is 3.83. The zero-order chi connectivity index (χ0) is 16.4. The van der Waals surface area contributed by atoms with E-state index in [4.69, 9.17) is 24.4 Å². The lowest BCUT2D eigenvalue weighted by Crippen LogP contribution is -2.61. The van der Waals surface area contributed by atoms with Gasteiger partial charge in [0.25, 0.3) is 0 Å². The fourth-order valence-corrected chi connectivity index (χ4v) is 2.46. The Labute approximate surface area is 126 Å². The van der Waals surface area contributed by atoms with Gasteiger partial charge in [-0.15, -0.1) is 0 Å². The van der Waals surface area contributed by atoms with Crippen LogP contribution in [-0.4, -0.2) is 104 Å². The van der Waals surface area contributed by atoms with Crippen LogP contribution < -0.4 is 0 Å². The first-order chi connectivity index (χ1) is 10.4. The van der Waals surface area contributed by atoms with Crippen molar-refractivity contribution in [1.29, 1.82) is 0 Å². The summed E-state index contributed by atoms with van der Waals surface area (Å²) in [4.78, 5) is 0. The molecule has 2 aliphatic heterocycles. The number of aliphatic hydroxyl groups is 7. The zero-order valence-corrected chi connectivity index (χ0v) is 11.7. The second kappa shape index (κ2) is 7.45. The summed E-state index contributed by atoms with van der Waals surface area (Å²) < 4.78 is 15.5. The normalized spacial score (nSPS) is 50.0. The Morgan fingerprint density at radius 3 is 1.91 bits per heavy atom. The van der Waals surface area contributed by atoms with E-state index in [0.29, 0.717) is 0 Å². The highest BCUT2D eigenvalue weighted by Gasteiger charge is 2.47. The van der Waals surface area contributed by atoms with Gasteiger partial charge in [0.05, 0.1) is 19.3 Å². The fraction of sp³-hybridized carbons (Fsp3) is 1.00. The molecule has 0 saturated carbocycles. The summed E-state index contributed by atoms with van der Waals surface area (Å²) in [5.41, 5.74) is 0. The predicted octanol–water partition coefficient (Wildman–Crippen LogP) is -4.37. The molecule has 2 heterocycles. The zero-order valence-electron chi connectivity index (χ0n) is 11.7. The molecule has 130 valence electrons. The summed E-state index contributed by atoms with van der Waals surface area (Å²) >= 11 is 0. The van der Waals surface area contributed by atoms with Gasteiger partial charge in [-0.1, -0.05) is 0 Å². The molecule has 9 atom stereocenters. The highest BCUT2D eigenvalue weighted by molar-refractivity contribution is 4.90. The Balaban J connectivity index is 2.02. The van der Waals surface area contributed by atoms with Gasteiger partial charge < -0.3 is 50.0 Å². The molecule has 5 unspecified atom stereocenters. The molecule has 0 amide bonds. The van der Waals surface area contributed by atoms with Crippen LogP contribution in [0, 0.1) is 0 Å². The van der Waals surface area contributed by atoms with E-state index in [1.165, 1.54) is 0 Å². The van der Waals surface area contributed by atoms with Crippen LogP contribution in [-0.2, 0) is 14.2 Å². The molecule has 0 aromatic rings. The van der Waals surface area contributed by atoms with Gasteiger partial charge in [-0.25, -0.2) is 0 Å². The second-order valence-electron chi connectivity index (χ2n) is 5.43. The molecule has 2 saturated heterocycles. The van der Waals surface area contributed by atoms with E-state index in [0.717, 1.165) is 0 Å². The number of hydrogen-bond donors (Lipinski definition) is 7. The van der Waals surface area contributed by atoms with Crippen molar-refractivity contribution in [3.05, 3.63) is 0 Å². The van der Waals surface area contributed by atoms with Crippen molar-refractivity contribution in [2.75, 3.05) is 13.2 Å². The Morgan fingerprint density at radius 2 is 1.32 bits per heavy atom. The molecule has 0 spiro atoms. The summed E-state index contributed by atoms with van der Waals surface area (Å²) in [7, 11) is 0. The van der Waals surface area contributed by atoms with Gasteiger partial charge in [-0.2, -0.15) is 0 Å². The molecule has 10 heteroatoms. The van der Waals surface area contributed by atoms with E-state index in [-0.39, 0.29) is 6.42 Å². The van der Waals surface area contributed by atoms with Crippen molar-refractivity contribution in [3.8, 4) is 0 Å². The predicted molar refractivity (Wildman–Crippen MR) is 67.2 cm³/mol. The molecule has 0 aromatic carbocycles. The number of ether oxygens (including phenoxy) is 3. The molecule has 2 aliphatic rings. The van der Waals surface area contributed by atoms with Crippen LogP contribution in [0.4, 0.5) is 0 Å². The van der Waals surface area contributed by atoms with E-state index in [9.17, 15) is 25.5 Å². The molecule has 0 aromatic heterocycles. The minimum Gasteiger partial charge on any atom is -0.394 e. The smallest absolute Gasteiger partial charge is 0.189 e. The average Bonchev–Trinajstić information content (AvgIpc) is 2.50. The Bertz CT molecular complexity index is 353. The molecule has 7 N–H and O–H groups in total. The maximum Gasteiger partial charge on any atom is 0.189 e. The van der Waals surface area contributed by atoms with Crippen molar-refractivity contribution in [2.24, 2.45) is 0 Å². The lowest BCUT2D eigenvalue weighted by molar-refractivity contribution is -0.366. The molecule has 0 radical (unpaired) electrons. The van der Waals surface area contributed by atoms with Crippen molar-refractivity contribution in [2.45, 2.75) is 61.7 Å². The van der Waals surface area contributed by atoms with Gasteiger partial charge >= 0.3 is 0 Å². The quantitative estimate of drug-likeness (QED) is 0.268. The summed E-state index contributed by atoms with van der Waals surface area (Å²) in [6.07, 6.45) is -12.1. The minimum atomic E-state index is -1.63. The van der Waals surface area contributed by atoms with Gasteiger partial charge in [0, 0.05) is 6.42 Å². The van der Waals surface area contributed by atoms with Gasteiger partial charge in [-0.3, -0.25) is 0 Å². The van der Waals surface area contributed by atoms with Crippen molar-refractivity contribution < 1.29 is 50.0 Å². The summed E-state index contributed by atoms with van der Waals surface area (Å²) in [5.74, 6) is 0. The molecule has 0 aliphatic carbocycles. The van der Waals surface area contributed by atoms with E-state index in [1.54, 1.807) is 0 Å². The number of aliphatic hydroxyl groups excluding tert-OH is 7. The highest BCUT2D eigenvalue weighted by Crippen LogP contribution is 2.27. The first-order valence-electron chi connectivity index (χ1n) is 6.97. The van der Waals surface area contributed by atoms with Crippen LogP contribution in [0.5, 0.6) is 0 Å². The van der Waals surface area contributed by atoms with Crippen molar-refractivity contribution >= 4 is 0 Å². The van der Waals surface area contributed by atoms with Crippen LogP contribution in [0.25, 0.3) is 0 Å². The van der Waals surface area contributed by atoms with Crippen LogP contribution in [0.15, 0.2) is 0 Å². The van der Waals surface area contributed by atoms with E-state index in [2.05, 4.69) is 0 Å². The fourth-order valence-electron chi connectivity index (χ4n) is 2.46. The molecule has 2 rings (SSSR count). The Kier molecular flexibility index (Phi) is 6.07. The first kappa shape index (κ1) is 17.9. The number of hydrogen-bond acceptors (Lipinski definition) is 10. The van der Waals surface area contributed by atoms with Crippen LogP contribution in [0.1, 0.15) is 6.42 Å². The van der Waals surface area contributed by atoms with Gasteiger partial charge in [0.1, 0.15) is 36.6 Å². The summed E-state index contributed by atoms with van der Waals surface area (Å²) in [5, 5.41) is 66.7. The monoisotopic (exact) mass is 326 g/mol. The molecule has 0 bridgehead atoms.